The number of carbonyl (C=O) groups is 1. The number of nitrogens with one attached hydrogen (secondary N) is 1. The lowest BCUT2D eigenvalue weighted by Gasteiger charge is -2.02. The van der Waals surface area contributed by atoms with Gasteiger partial charge in [0.1, 0.15) is 0 Å². The average molecular weight is 183 g/mol. The van der Waals surface area contributed by atoms with E-state index in [2.05, 4.69) is 15.5 Å². The van der Waals surface area contributed by atoms with Crippen molar-refractivity contribution in [2.24, 2.45) is 0 Å². The molecule has 1 N–H and O–H groups in total. The first-order valence-corrected chi connectivity index (χ1v) is 4.16. The van der Waals surface area contributed by atoms with E-state index >= 15 is 0 Å². The van der Waals surface area contributed by atoms with E-state index in [4.69, 9.17) is 4.52 Å². The van der Waals surface area contributed by atoms with Crippen LogP contribution in [0.4, 0.5) is 0 Å². The van der Waals surface area contributed by atoms with Crippen molar-refractivity contribution in [2.45, 2.75) is 33.4 Å². The maximum atomic E-state index is 10.8. The standard InChI is InChI=1S/C8H13N3O2/c1-5(2)9-4-7-10-8(6(3)12)13-11-7/h5,9H,4H2,1-3H3. The summed E-state index contributed by atoms with van der Waals surface area (Å²) in [5, 5.41) is 6.76. The first-order chi connectivity index (χ1) is 6.09. The summed E-state index contributed by atoms with van der Waals surface area (Å²) >= 11 is 0. The first kappa shape index (κ1) is 9.85. The number of aromatic nitrogens is 2. The molecule has 0 saturated carbocycles. The zero-order valence-electron chi connectivity index (χ0n) is 8.00. The lowest BCUT2D eigenvalue weighted by Crippen LogP contribution is -2.22. The van der Waals surface area contributed by atoms with Gasteiger partial charge in [0.15, 0.2) is 5.82 Å². The van der Waals surface area contributed by atoms with Gasteiger partial charge in [0.25, 0.3) is 5.89 Å². The summed E-state index contributed by atoms with van der Waals surface area (Å²) in [6, 6.07) is 0.360. The van der Waals surface area contributed by atoms with E-state index in [1.54, 1.807) is 0 Å². The van der Waals surface area contributed by atoms with Crippen molar-refractivity contribution in [3.63, 3.8) is 0 Å². The Labute approximate surface area is 76.5 Å². The van der Waals surface area contributed by atoms with Crippen LogP contribution in [-0.4, -0.2) is 22.0 Å². The van der Waals surface area contributed by atoms with Gasteiger partial charge in [-0.25, -0.2) is 0 Å². The van der Waals surface area contributed by atoms with Crippen molar-refractivity contribution in [3.05, 3.63) is 11.7 Å². The lowest BCUT2D eigenvalue weighted by atomic mass is 10.4. The van der Waals surface area contributed by atoms with E-state index in [1.807, 2.05) is 13.8 Å². The van der Waals surface area contributed by atoms with Crippen molar-refractivity contribution in [2.75, 3.05) is 0 Å². The van der Waals surface area contributed by atoms with Crippen LogP contribution in [-0.2, 0) is 6.54 Å². The number of Topliss-reactive ketones (excluding diaryl/α,β-unsaturated/α-hetero) is 1. The molecule has 13 heavy (non-hydrogen) atoms. The Balaban J connectivity index is 2.54. The average Bonchev–Trinajstić information content (AvgIpc) is 2.48. The minimum atomic E-state index is -0.205. The Kier molecular flexibility index (Phi) is 3.13. The molecule has 1 aromatic rings. The summed E-state index contributed by atoms with van der Waals surface area (Å²) in [5.74, 6) is 0.378. The molecule has 0 aliphatic rings. The molecule has 0 spiro atoms. The second-order valence-electron chi connectivity index (χ2n) is 3.11. The maximum Gasteiger partial charge on any atom is 0.293 e. The fraction of sp³-hybridized carbons (Fsp3) is 0.625. The monoisotopic (exact) mass is 183 g/mol. The third-order valence-corrected chi connectivity index (χ3v) is 1.44. The summed E-state index contributed by atoms with van der Waals surface area (Å²) in [4.78, 5) is 14.7. The first-order valence-electron chi connectivity index (χ1n) is 4.16. The summed E-state index contributed by atoms with van der Waals surface area (Å²) in [7, 11) is 0. The molecule has 1 rings (SSSR count). The molecule has 0 aliphatic carbocycles. The molecule has 0 amide bonds. The number of hydrogen-bond acceptors (Lipinski definition) is 5. The molecule has 1 heterocycles. The zero-order valence-corrected chi connectivity index (χ0v) is 8.00. The second-order valence-corrected chi connectivity index (χ2v) is 3.11. The molecule has 1 aromatic heterocycles. The van der Waals surface area contributed by atoms with E-state index < -0.39 is 0 Å². The van der Waals surface area contributed by atoms with Crippen LogP contribution in [0.1, 0.15) is 37.3 Å². The van der Waals surface area contributed by atoms with Crippen molar-refractivity contribution in [1.29, 1.82) is 0 Å². The summed E-state index contributed by atoms with van der Waals surface area (Å²) in [6.07, 6.45) is 0. The molecular weight excluding hydrogens is 170 g/mol. The fourth-order valence-corrected chi connectivity index (χ4v) is 0.764. The predicted molar refractivity (Wildman–Crippen MR) is 46.3 cm³/mol. The van der Waals surface area contributed by atoms with Gasteiger partial charge in [-0.05, 0) is 0 Å². The summed E-state index contributed by atoms with van der Waals surface area (Å²) < 4.78 is 4.71. The third kappa shape index (κ3) is 2.95. The van der Waals surface area contributed by atoms with Gasteiger partial charge in [0.2, 0.25) is 5.78 Å². The molecule has 0 aromatic carbocycles. The molecule has 0 saturated heterocycles. The van der Waals surface area contributed by atoms with E-state index in [0.29, 0.717) is 18.4 Å². The lowest BCUT2D eigenvalue weighted by molar-refractivity contribution is 0.0972. The number of carbonyl (C=O) groups excluding carboxylic acids is 1. The third-order valence-electron chi connectivity index (χ3n) is 1.44. The Morgan fingerprint density at radius 3 is 2.77 bits per heavy atom. The fourth-order valence-electron chi connectivity index (χ4n) is 0.764. The predicted octanol–water partition coefficient (Wildman–Crippen LogP) is 0.770. The van der Waals surface area contributed by atoms with Crippen molar-refractivity contribution < 1.29 is 9.32 Å². The Hall–Kier alpha value is -1.23. The van der Waals surface area contributed by atoms with Gasteiger partial charge in [-0.1, -0.05) is 19.0 Å². The van der Waals surface area contributed by atoms with Crippen LogP contribution >= 0.6 is 0 Å². The van der Waals surface area contributed by atoms with E-state index in [1.165, 1.54) is 6.92 Å². The Bertz CT molecular complexity index is 293. The Morgan fingerprint density at radius 1 is 1.62 bits per heavy atom. The number of nitrogens with zero attached hydrogens (tertiary/aromatic N) is 2. The van der Waals surface area contributed by atoms with Gasteiger partial charge in [-0.15, -0.1) is 0 Å². The highest BCUT2D eigenvalue weighted by atomic mass is 16.5. The quantitative estimate of drug-likeness (QED) is 0.698. The van der Waals surface area contributed by atoms with Crippen LogP contribution in [0.2, 0.25) is 0 Å². The zero-order chi connectivity index (χ0) is 9.84. The molecular formula is C8H13N3O2. The van der Waals surface area contributed by atoms with E-state index in [-0.39, 0.29) is 11.7 Å². The van der Waals surface area contributed by atoms with Crippen LogP contribution in [0.25, 0.3) is 0 Å². The van der Waals surface area contributed by atoms with Gasteiger partial charge in [0.05, 0.1) is 6.54 Å². The van der Waals surface area contributed by atoms with Gasteiger partial charge in [-0.3, -0.25) is 4.79 Å². The molecule has 0 bridgehead atoms. The largest absolute Gasteiger partial charge is 0.331 e. The minimum Gasteiger partial charge on any atom is -0.331 e. The molecule has 0 radical (unpaired) electrons. The van der Waals surface area contributed by atoms with Gasteiger partial charge in [0, 0.05) is 13.0 Å². The summed E-state index contributed by atoms with van der Waals surface area (Å²) in [6.45, 7) is 5.96. The highest BCUT2D eigenvalue weighted by molar-refractivity contribution is 5.89. The molecule has 0 atom stereocenters. The maximum absolute atomic E-state index is 10.8. The molecule has 0 aliphatic heterocycles. The highest BCUT2D eigenvalue weighted by Gasteiger charge is 2.09. The number of rotatable bonds is 4. The SMILES string of the molecule is CC(=O)c1nc(CNC(C)C)no1. The highest BCUT2D eigenvalue weighted by Crippen LogP contribution is 1.97. The van der Waals surface area contributed by atoms with Gasteiger partial charge < -0.3 is 9.84 Å². The van der Waals surface area contributed by atoms with Crippen LogP contribution < -0.4 is 5.32 Å². The smallest absolute Gasteiger partial charge is 0.293 e. The number of ketones is 1. The molecule has 5 nitrogen and oxygen atoms in total. The van der Waals surface area contributed by atoms with Crippen molar-refractivity contribution in [1.82, 2.24) is 15.5 Å². The molecule has 5 heteroatoms. The van der Waals surface area contributed by atoms with E-state index in [9.17, 15) is 4.79 Å². The van der Waals surface area contributed by atoms with Gasteiger partial charge in [-0.2, -0.15) is 4.98 Å². The van der Waals surface area contributed by atoms with Crippen LogP contribution in [0.15, 0.2) is 4.52 Å². The molecule has 72 valence electrons. The van der Waals surface area contributed by atoms with Crippen LogP contribution in [0.5, 0.6) is 0 Å². The van der Waals surface area contributed by atoms with Crippen molar-refractivity contribution in [3.8, 4) is 0 Å². The summed E-state index contributed by atoms with van der Waals surface area (Å²) in [5.41, 5.74) is 0. The Morgan fingerprint density at radius 2 is 2.31 bits per heavy atom. The minimum absolute atomic E-state index is 0.0700. The van der Waals surface area contributed by atoms with Crippen LogP contribution in [0.3, 0.4) is 0 Å². The molecule has 0 unspecified atom stereocenters. The normalized spacial score (nSPS) is 10.8. The van der Waals surface area contributed by atoms with Crippen molar-refractivity contribution >= 4 is 5.78 Å². The van der Waals surface area contributed by atoms with E-state index in [0.717, 1.165) is 0 Å². The topological polar surface area (TPSA) is 68.0 Å². The van der Waals surface area contributed by atoms with Gasteiger partial charge >= 0.3 is 0 Å². The molecule has 0 fully saturated rings. The number of hydrogen-bond donors (Lipinski definition) is 1. The van der Waals surface area contributed by atoms with Crippen LogP contribution in [0, 0.1) is 0 Å². The second kappa shape index (κ2) is 4.13.